The van der Waals surface area contributed by atoms with Gasteiger partial charge in [-0.25, -0.2) is 5.43 Å². The third kappa shape index (κ3) is 6.46. The molecule has 0 heterocycles. The third-order valence-electron chi connectivity index (χ3n) is 4.83. The van der Waals surface area contributed by atoms with Crippen LogP contribution in [0.25, 0.3) is 6.08 Å². The van der Waals surface area contributed by atoms with Crippen LogP contribution in [0.3, 0.4) is 0 Å². The Hall–Kier alpha value is -4.59. The molecule has 0 aliphatic rings. The van der Waals surface area contributed by atoms with Crippen LogP contribution in [0, 0.1) is 0 Å². The van der Waals surface area contributed by atoms with Crippen LogP contribution in [0.4, 0.5) is 5.69 Å². The molecule has 3 N–H and O–H groups in total. The minimum Gasteiger partial charge on any atom is -0.504 e. The van der Waals surface area contributed by atoms with Crippen molar-refractivity contribution in [2.75, 3.05) is 26.1 Å². The Morgan fingerprint density at radius 3 is 2.29 bits per heavy atom. The number of nitrogens with one attached hydrogen (secondary N) is 2. The van der Waals surface area contributed by atoms with Gasteiger partial charge in [-0.3, -0.25) is 9.59 Å². The molecule has 0 aromatic heterocycles. The molecule has 0 saturated heterocycles. The van der Waals surface area contributed by atoms with Gasteiger partial charge in [-0.05, 0) is 59.7 Å². The van der Waals surface area contributed by atoms with E-state index in [0.717, 1.165) is 11.3 Å². The molecule has 0 aliphatic heterocycles. The number of carbonyl (C=O) groups excluding carboxylic acids is 2. The van der Waals surface area contributed by atoms with E-state index in [-0.39, 0.29) is 17.2 Å². The number of benzene rings is 3. The smallest absolute Gasteiger partial charge is 0.287 e. The fraction of sp³-hybridized carbons (Fsp3) is 0.115. The number of carbonyl (C=O) groups is 2. The summed E-state index contributed by atoms with van der Waals surface area (Å²) < 4.78 is 5.07. The molecule has 174 valence electrons. The molecule has 8 nitrogen and oxygen atoms in total. The second-order valence-corrected chi connectivity index (χ2v) is 7.49. The summed E-state index contributed by atoms with van der Waals surface area (Å²) in [6.45, 7) is 0. The summed E-state index contributed by atoms with van der Waals surface area (Å²) in [5.74, 6) is -0.730. The minimum absolute atomic E-state index is 0.00202. The lowest BCUT2D eigenvalue weighted by Gasteiger charge is -2.12. The highest BCUT2D eigenvalue weighted by atomic mass is 16.5. The summed E-state index contributed by atoms with van der Waals surface area (Å²) in [5, 5.41) is 16.3. The number of hydrogen-bond donors (Lipinski definition) is 3. The lowest BCUT2D eigenvalue weighted by Crippen LogP contribution is -2.32. The number of ether oxygens (including phenoxy) is 1. The molecule has 0 atom stereocenters. The molecule has 3 aromatic rings. The molecule has 34 heavy (non-hydrogen) atoms. The normalized spacial score (nSPS) is 11.2. The number of amides is 2. The fourth-order valence-electron chi connectivity index (χ4n) is 2.98. The van der Waals surface area contributed by atoms with E-state index < -0.39 is 11.8 Å². The van der Waals surface area contributed by atoms with E-state index >= 15 is 0 Å². The molecular formula is C26H26N4O4. The van der Waals surface area contributed by atoms with E-state index in [1.165, 1.54) is 19.4 Å². The van der Waals surface area contributed by atoms with Crippen molar-refractivity contribution in [1.29, 1.82) is 0 Å². The largest absolute Gasteiger partial charge is 0.504 e. The molecule has 0 radical (unpaired) electrons. The van der Waals surface area contributed by atoms with Crippen LogP contribution in [0.15, 0.2) is 83.6 Å². The number of methoxy groups -OCH3 is 1. The molecule has 0 unspecified atom stereocenters. The van der Waals surface area contributed by atoms with Gasteiger partial charge in [0, 0.05) is 25.3 Å². The van der Waals surface area contributed by atoms with Gasteiger partial charge < -0.3 is 20.1 Å². The first-order chi connectivity index (χ1) is 16.4. The van der Waals surface area contributed by atoms with E-state index in [0.29, 0.717) is 11.1 Å². The number of anilines is 1. The van der Waals surface area contributed by atoms with Crippen molar-refractivity contribution in [2.24, 2.45) is 5.10 Å². The molecule has 3 rings (SSSR count). The van der Waals surface area contributed by atoms with Crippen molar-refractivity contribution >= 4 is 29.8 Å². The highest BCUT2D eigenvalue weighted by Gasteiger charge is 2.14. The van der Waals surface area contributed by atoms with E-state index in [1.807, 2.05) is 43.3 Å². The van der Waals surface area contributed by atoms with Crippen LogP contribution in [0.2, 0.25) is 0 Å². The molecule has 0 saturated carbocycles. The van der Waals surface area contributed by atoms with Gasteiger partial charge in [-0.1, -0.05) is 30.3 Å². The zero-order valence-electron chi connectivity index (χ0n) is 19.1. The second kappa shape index (κ2) is 11.3. The Kier molecular flexibility index (Phi) is 8.02. The molecular weight excluding hydrogens is 432 g/mol. The maximum Gasteiger partial charge on any atom is 0.287 e. The first-order valence-electron chi connectivity index (χ1n) is 10.4. The minimum atomic E-state index is -0.594. The van der Waals surface area contributed by atoms with Crippen molar-refractivity contribution in [3.05, 3.63) is 95.2 Å². The Labute approximate surface area is 198 Å². The number of phenolic OH excluding ortho intramolecular Hbond substituents is 1. The highest BCUT2D eigenvalue weighted by molar-refractivity contribution is 6.05. The summed E-state index contributed by atoms with van der Waals surface area (Å²) in [7, 11) is 5.31. The van der Waals surface area contributed by atoms with Gasteiger partial charge in [0.1, 0.15) is 5.70 Å². The highest BCUT2D eigenvalue weighted by Crippen LogP contribution is 2.25. The first kappa shape index (κ1) is 24.1. The molecule has 2 amide bonds. The van der Waals surface area contributed by atoms with Crippen LogP contribution < -0.4 is 20.4 Å². The standard InChI is InChI=1S/C26H26N4O4/c1-30(2)21-12-9-18(10-13-21)15-22(28-25(32)20-7-5-4-6-8-20)26(33)29-27-17-19-11-14-23(31)24(16-19)34-3/h4-17,31H,1-3H3,(H,28,32)(H,29,33)/b22-15?,27-17+. The monoisotopic (exact) mass is 458 g/mol. The number of hydrogen-bond acceptors (Lipinski definition) is 6. The van der Waals surface area contributed by atoms with Crippen LogP contribution in [0.5, 0.6) is 11.5 Å². The summed E-state index contributed by atoms with van der Waals surface area (Å²) in [6.07, 6.45) is 2.98. The number of aromatic hydroxyl groups is 1. The number of nitrogens with zero attached hydrogens (tertiary/aromatic N) is 2. The summed E-state index contributed by atoms with van der Waals surface area (Å²) >= 11 is 0. The predicted octanol–water partition coefficient (Wildman–Crippen LogP) is 3.39. The third-order valence-corrected chi connectivity index (χ3v) is 4.83. The molecule has 3 aromatic carbocycles. The van der Waals surface area contributed by atoms with Crippen LogP contribution >= 0.6 is 0 Å². The Bertz CT molecular complexity index is 1200. The maximum atomic E-state index is 12.9. The van der Waals surface area contributed by atoms with Crippen LogP contribution in [-0.4, -0.2) is 44.3 Å². The van der Waals surface area contributed by atoms with Crippen molar-refractivity contribution < 1.29 is 19.4 Å². The number of rotatable bonds is 8. The van der Waals surface area contributed by atoms with Gasteiger partial charge in [-0.15, -0.1) is 0 Å². The molecule has 0 spiro atoms. The fourth-order valence-corrected chi connectivity index (χ4v) is 2.98. The molecule has 0 aliphatic carbocycles. The SMILES string of the molecule is COc1cc(/C=N/NC(=O)C(=Cc2ccc(N(C)C)cc2)NC(=O)c2ccccc2)ccc1O. The molecule has 0 bridgehead atoms. The van der Waals surface area contributed by atoms with Crippen molar-refractivity contribution in [1.82, 2.24) is 10.7 Å². The summed E-state index contributed by atoms with van der Waals surface area (Å²) in [5.41, 5.74) is 5.22. The average Bonchev–Trinajstić information content (AvgIpc) is 2.85. The molecule has 8 heteroatoms. The van der Waals surface area contributed by atoms with Gasteiger partial charge in [0.2, 0.25) is 0 Å². The van der Waals surface area contributed by atoms with E-state index in [4.69, 9.17) is 4.74 Å². The Balaban J connectivity index is 1.81. The Morgan fingerprint density at radius 1 is 0.971 bits per heavy atom. The number of phenols is 1. The quantitative estimate of drug-likeness (QED) is 0.273. The summed E-state index contributed by atoms with van der Waals surface area (Å²) in [4.78, 5) is 27.5. The topological polar surface area (TPSA) is 103 Å². The van der Waals surface area contributed by atoms with Gasteiger partial charge in [0.15, 0.2) is 11.5 Å². The van der Waals surface area contributed by atoms with Crippen LogP contribution in [-0.2, 0) is 4.79 Å². The zero-order valence-corrected chi connectivity index (χ0v) is 19.1. The average molecular weight is 459 g/mol. The van der Waals surface area contributed by atoms with E-state index in [9.17, 15) is 14.7 Å². The van der Waals surface area contributed by atoms with Gasteiger partial charge in [0.05, 0.1) is 13.3 Å². The van der Waals surface area contributed by atoms with Gasteiger partial charge >= 0.3 is 0 Å². The maximum absolute atomic E-state index is 12.9. The zero-order chi connectivity index (χ0) is 24.5. The first-order valence-corrected chi connectivity index (χ1v) is 10.4. The van der Waals surface area contributed by atoms with E-state index in [2.05, 4.69) is 15.8 Å². The van der Waals surface area contributed by atoms with Crippen molar-refractivity contribution in [3.63, 3.8) is 0 Å². The van der Waals surface area contributed by atoms with Crippen molar-refractivity contribution in [2.45, 2.75) is 0 Å². The lowest BCUT2D eigenvalue weighted by molar-refractivity contribution is -0.117. The lowest BCUT2D eigenvalue weighted by atomic mass is 10.1. The summed E-state index contributed by atoms with van der Waals surface area (Å²) in [6, 6.07) is 20.8. The van der Waals surface area contributed by atoms with Gasteiger partial charge in [0.25, 0.3) is 11.8 Å². The van der Waals surface area contributed by atoms with E-state index in [1.54, 1.807) is 48.5 Å². The van der Waals surface area contributed by atoms with Crippen molar-refractivity contribution in [3.8, 4) is 11.5 Å². The predicted molar refractivity (Wildman–Crippen MR) is 133 cm³/mol. The Morgan fingerprint density at radius 2 is 1.65 bits per heavy atom. The van der Waals surface area contributed by atoms with Crippen LogP contribution in [0.1, 0.15) is 21.5 Å². The second-order valence-electron chi connectivity index (χ2n) is 7.49. The number of hydrazone groups is 1. The van der Waals surface area contributed by atoms with Gasteiger partial charge in [-0.2, -0.15) is 5.10 Å². The molecule has 0 fully saturated rings.